The number of ether oxygens (including phenoxy) is 2. The fourth-order valence-corrected chi connectivity index (χ4v) is 2.06. The van der Waals surface area contributed by atoms with Gasteiger partial charge in [0.15, 0.2) is 11.5 Å². The molecule has 0 aliphatic carbocycles. The number of carbonyl (C=O) groups excluding carboxylic acids is 1. The van der Waals surface area contributed by atoms with Gasteiger partial charge in [0.2, 0.25) is 6.79 Å². The first kappa shape index (κ1) is 14.3. The number of carbonyl (C=O) groups is 1. The van der Waals surface area contributed by atoms with E-state index in [1.165, 1.54) is 12.4 Å². The van der Waals surface area contributed by atoms with E-state index < -0.39 is 0 Å². The zero-order valence-corrected chi connectivity index (χ0v) is 12.4. The van der Waals surface area contributed by atoms with Gasteiger partial charge in [-0.1, -0.05) is 11.6 Å². The second-order valence-electron chi connectivity index (χ2n) is 4.61. The van der Waals surface area contributed by atoms with Crippen LogP contribution in [-0.2, 0) is 0 Å². The van der Waals surface area contributed by atoms with Crippen LogP contribution in [0.1, 0.15) is 21.6 Å². The molecule has 0 spiro atoms. The first-order chi connectivity index (χ1) is 10.6. The molecular formula is C15H12ClN3O3. The van der Waals surface area contributed by atoms with E-state index in [0.29, 0.717) is 27.6 Å². The van der Waals surface area contributed by atoms with E-state index in [-0.39, 0.29) is 12.7 Å². The number of rotatable bonds is 3. The third kappa shape index (κ3) is 3.01. The van der Waals surface area contributed by atoms with Crippen molar-refractivity contribution in [2.75, 3.05) is 6.79 Å². The molecule has 22 heavy (non-hydrogen) atoms. The maximum absolute atomic E-state index is 11.9. The van der Waals surface area contributed by atoms with Crippen molar-refractivity contribution >= 4 is 23.7 Å². The minimum Gasteiger partial charge on any atom is -0.454 e. The van der Waals surface area contributed by atoms with Crippen molar-refractivity contribution in [1.82, 2.24) is 10.4 Å². The molecule has 1 amide bonds. The summed E-state index contributed by atoms with van der Waals surface area (Å²) >= 11 is 6.11. The summed E-state index contributed by atoms with van der Waals surface area (Å²) in [5, 5.41) is 4.35. The van der Waals surface area contributed by atoms with Crippen molar-refractivity contribution in [2.24, 2.45) is 5.10 Å². The van der Waals surface area contributed by atoms with Crippen molar-refractivity contribution in [3.05, 3.63) is 52.3 Å². The summed E-state index contributed by atoms with van der Waals surface area (Å²) in [5.74, 6) is 0.845. The largest absolute Gasteiger partial charge is 0.454 e. The van der Waals surface area contributed by atoms with E-state index >= 15 is 0 Å². The molecule has 1 aromatic carbocycles. The number of hydrogen-bond donors (Lipinski definition) is 1. The van der Waals surface area contributed by atoms with Gasteiger partial charge in [0.1, 0.15) is 0 Å². The van der Waals surface area contributed by atoms with Crippen LogP contribution < -0.4 is 14.9 Å². The molecule has 1 aliphatic heterocycles. The number of fused-ring (bicyclic) bond motifs is 1. The highest BCUT2D eigenvalue weighted by Crippen LogP contribution is 2.36. The molecule has 1 N–H and O–H groups in total. The van der Waals surface area contributed by atoms with E-state index in [2.05, 4.69) is 15.5 Å². The Morgan fingerprint density at radius 3 is 2.86 bits per heavy atom. The molecule has 112 valence electrons. The maximum Gasteiger partial charge on any atom is 0.272 e. The van der Waals surface area contributed by atoms with E-state index in [9.17, 15) is 4.79 Å². The summed E-state index contributed by atoms with van der Waals surface area (Å²) in [6, 6.07) is 6.79. The Labute approximate surface area is 131 Å². The van der Waals surface area contributed by atoms with Gasteiger partial charge in [-0.3, -0.25) is 9.78 Å². The summed E-state index contributed by atoms with van der Waals surface area (Å²) < 4.78 is 10.5. The topological polar surface area (TPSA) is 72.8 Å². The first-order valence-corrected chi connectivity index (χ1v) is 6.86. The molecule has 0 bridgehead atoms. The summed E-state index contributed by atoms with van der Waals surface area (Å²) in [4.78, 5) is 15.9. The van der Waals surface area contributed by atoms with Gasteiger partial charge in [0.05, 0.1) is 16.8 Å². The molecule has 3 rings (SSSR count). The van der Waals surface area contributed by atoms with E-state index in [0.717, 1.165) is 5.69 Å². The highest BCUT2D eigenvalue weighted by Gasteiger charge is 2.15. The van der Waals surface area contributed by atoms with Crippen molar-refractivity contribution in [1.29, 1.82) is 0 Å². The number of pyridine rings is 1. The molecule has 2 aromatic rings. The van der Waals surface area contributed by atoms with Crippen molar-refractivity contribution in [3.8, 4) is 11.5 Å². The Morgan fingerprint density at radius 2 is 2.14 bits per heavy atom. The van der Waals surface area contributed by atoms with Crippen LogP contribution in [0, 0.1) is 6.92 Å². The van der Waals surface area contributed by atoms with Gasteiger partial charge in [-0.25, -0.2) is 5.43 Å². The van der Waals surface area contributed by atoms with Crippen LogP contribution in [0.2, 0.25) is 5.02 Å². The minimum atomic E-state index is -0.347. The lowest BCUT2D eigenvalue weighted by Gasteiger charge is -2.02. The lowest BCUT2D eigenvalue weighted by molar-refractivity contribution is 0.0954. The predicted molar refractivity (Wildman–Crippen MR) is 81.6 cm³/mol. The van der Waals surface area contributed by atoms with Crippen LogP contribution in [0.15, 0.2) is 35.6 Å². The van der Waals surface area contributed by atoms with Gasteiger partial charge in [0.25, 0.3) is 5.91 Å². The number of nitrogens with zero attached hydrogens (tertiary/aromatic N) is 2. The number of benzene rings is 1. The lowest BCUT2D eigenvalue weighted by atomic mass is 10.2. The van der Waals surface area contributed by atoms with Gasteiger partial charge in [-0.2, -0.15) is 5.10 Å². The Kier molecular flexibility index (Phi) is 3.93. The summed E-state index contributed by atoms with van der Waals surface area (Å²) in [7, 11) is 0. The molecule has 6 nitrogen and oxygen atoms in total. The van der Waals surface area contributed by atoms with Crippen LogP contribution in [0.3, 0.4) is 0 Å². The van der Waals surface area contributed by atoms with Crippen LogP contribution in [-0.4, -0.2) is 23.9 Å². The highest BCUT2D eigenvalue weighted by atomic mass is 35.5. The second-order valence-corrected chi connectivity index (χ2v) is 5.02. The number of hydrazone groups is 1. The first-order valence-electron chi connectivity index (χ1n) is 6.49. The standard InChI is InChI=1S/C15H12ClN3O3/c1-9-2-3-10(6-17-9)15(20)19-18-7-11-4-13-14(5-12(11)16)22-8-21-13/h2-7H,8H2,1H3,(H,19,20). The molecule has 0 saturated heterocycles. The fraction of sp³-hybridized carbons (Fsp3) is 0.133. The Balaban J connectivity index is 1.70. The number of aryl methyl sites for hydroxylation is 1. The van der Waals surface area contributed by atoms with Crippen molar-refractivity contribution in [2.45, 2.75) is 6.92 Å². The maximum atomic E-state index is 11.9. The number of halogens is 1. The minimum absolute atomic E-state index is 0.170. The van der Waals surface area contributed by atoms with E-state index in [1.807, 2.05) is 6.92 Å². The lowest BCUT2D eigenvalue weighted by Crippen LogP contribution is -2.17. The molecule has 7 heteroatoms. The molecule has 0 fully saturated rings. The average molecular weight is 318 g/mol. The smallest absolute Gasteiger partial charge is 0.272 e. The third-order valence-electron chi connectivity index (χ3n) is 3.04. The Morgan fingerprint density at radius 1 is 1.36 bits per heavy atom. The third-order valence-corrected chi connectivity index (χ3v) is 3.36. The number of amides is 1. The predicted octanol–water partition coefficient (Wildman–Crippen LogP) is 2.54. The monoisotopic (exact) mass is 317 g/mol. The van der Waals surface area contributed by atoms with E-state index in [1.54, 1.807) is 24.3 Å². The van der Waals surface area contributed by atoms with Gasteiger partial charge in [-0.05, 0) is 25.1 Å². The summed E-state index contributed by atoms with van der Waals surface area (Å²) in [6.45, 7) is 2.02. The molecule has 1 aliphatic rings. The number of aromatic nitrogens is 1. The number of nitrogens with one attached hydrogen (secondary N) is 1. The summed E-state index contributed by atoms with van der Waals surface area (Å²) in [5.41, 5.74) is 4.31. The molecule has 0 saturated carbocycles. The van der Waals surface area contributed by atoms with Gasteiger partial charge < -0.3 is 9.47 Å². The molecular weight excluding hydrogens is 306 g/mol. The van der Waals surface area contributed by atoms with Crippen LogP contribution in [0.25, 0.3) is 0 Å². The Hall–Kier alpha value is -2.60. The normalized spacial score (nSPS) is 12.6. The fourth-order valence-electron chi connectivity index (χ4n) is 1.86. The van der Waals surface area contributed by atoms with Crippen molar-refractivity contribution < 1.29 is 14.3 Å². The quantitative estimate of drug-likeness (QED) is 0.697. The zero-order chi connectivity index (χ0) is 15.5. The molecule has 2 heterocycles. The van der Waals surface area contributed by atoms with E-state index in [4.69, 9.17) is 21.1 Å². The zero-order valence-electron chi connectivity index (χ0n) is 11.7. The summed E-state index contributed by atoms with van der Waals surface area (Å²) in [6.07, 6.45) is 2.94. The van der Waals surface area contributed by atoms with Crippen LogP contribution >= 0.6 is 11.6 Å². The van der Waals surface area contributed by atoms with Crippen molar-refractivity contribution in [3.63, 3.8) is 0 Å². The molecule has 0 atom stereocenters. The highest BCUT2D eigenvalue weighted by molar-refractivity contribution is 6.33. The average Bonchev–Trinajstić information content (AvgIpc) is 2.95. The molecule has 1 aromatic heterocycles. The van der Waals surface area contributed by atoms with Gasteiger partial charge in [-0.15, -0.1) is 0 Å². The van der Waals surface area contributed by atoms with Crippen LogP contribution in [0.5, 0.6) is 11.5 Å². The van der Waals surface area contributed by atoms with Gasteiger partial charge in [0, 0.05) is 23.5 Å². The molecule has 0 unspecified atom stereocenters. The second kappa shape index (κ2) is 6.03. The SMILES string of the molecule is Cc1ccc(C(=O)NN=Cc2cc3c(cc2Cl)OCO3)cn1. The molecule has 0 radical (unpaired) electrons. The van der Waals surface area contributed by atoms with Crippen LogP contribution in [0.4, 0.5) is 0 Å². The van der Waals surface area contributed by atoms with Gasteiger partial charge >= 0.3 is 0 Å². The number of hydrogen-bond acceptors (Lipinski definition) is 5. The Bertz CT molecular complexity index is 744.